The predicted octanol–water partition coefficient (Wildman–Crippen LogP) is 11.3. The van der Waals surface area contributed by atoms with Gasteiger partial charge in [-0.3, -0.25) is 41.5 Å². The first-order valence-corrected chi connectivity index (χ1v) is 37.5. The maximum Gasteiger partial charge on any atom is 0.296 e. The van der Waals surface area contributed by atoms with Crippen molar-refractivity contribution in [2.75, 3.05) is 58.4 Å². The number of nitrogens with zero attached hydrogens (tertiary/aromatic N) is 12. The van der Waals surface area contributed by atoms with Crippen LogP contribution in [0.1, 0.15) is 56.7 Å². The summed E-state index contributed by atoms with van der Waals surface area (Å²) in [5.41, 5.74) is -3.87. The van der Waals surface area contributed by atoms with E-state index in [0.717, 1.165) is 79.0 Å². The largest absolute Gasteiger partial charge is 0.497 e. The number of aromatic nitrogens is 2. The van der Waals surface area contributed by atoms with Crippen molar-refractivity contribution >= 4 is 183 Å². The van der Waals surface area contributed by atoms with Crippen molar-refractivity contribution in [3.8, 4) is 29.5 Å². The number of carbonyl (C=O) groups is 3. The van der Waals surface area contributed by atoms with Crippen LogP contribution in [0.15, 0.2) is 121 Å². The molecular weight excluding hydrogens is 1450 g/mol. The summed E-state index contributed by atoms with van der Waals surface area (Å²) in [6.07, 6.45) is -0.649. The number of azo groups is 4. The number of fused-ring (bicyclic) bond motifs is 3. The Kier molecular flexibility index (Phi) is 24.5. The second-order valence-electron chi connectivity index (χ2n) is 20.2. The number of nitriles is 2. The Hall–Kier alpha value is -9.22. The number of carbonyl (C=O) groups excluding carboxylic acids is 3. The van der Waals surface area contributed by atoms with Gasteiger partial charge < -0.3 is 30.5 Å². The Bertz CT molecular complexity index is 5240. The number of methoxy groups -OCH3 is 1. The number of hydrogen-bond donors (Lipinski definition) is 9. The van der Waals surface area contributed by atoms with E-state index in [1.165, 1.54) is 44.4 Å². The molecule has 98 heavy (non-hydrogen) atoms. The minimum absolute atomic E-state index is 0.0393. The van der Waals surface area contributed by atoms with Crippen LogP contribution in [0.25, 0.3) is 16.7 Å². The molecule has 5 aromatic carbocycles. The van der Waals surface area contributed by atoms with Gasteiger partial charge in [0.2, 0.25) is 23.6 Å². The third-order valence-corrected chi connectivity index (χ3v) is 19.6. The van der Waals surface area contributed by atoms with Gasteiger partial charge in [0.25, 0.3) is 50.6 Å². The molecule has 7 rings (SSSR count). The highest BCUT2D eigenvalue weighted by Crippen LogP contribution is 2.47. The molecule has 36 nitrogen and oxygen atoms in total. The summed E-state index contributed by atoms with van der Waals surface area (Å²) in [4.78, 5) is 41.4. The quantitative estimate of drug-likeness (QED) is 0.00910. The van der Waals surface area contributed by atoms with E-state index in [4.69, 9.17) is 21.1 Å². The van der Waals surface area contributed by atoms with Crippen molar-refractivity contribution in [1.82, 2.24) is 9.38 Å². The number of rotatable bonds is 29. The highest BCUT2D eigenvalue weighted by atomic mass is 35.5. The van der Waals surface area contributed by atoms with Gasteiger partial charge in [0, 0.05) is 54.3 Å². The normalized spacial score (nSPS) is 12.5. The summed E-state index contributed by atoms with van der Waals surface area (Å²) in [6, 6.07) is 14.9. The molecule has 0 aliphatic heterocycles. The van der Waals surface area contributed by atoms with Crippen molar-refractivity contribution in [2.24, 2.45) is 40.9 Å². The highest BCUT2D eigenvalue weighted by Gasteiger charge is 2.28. The van der Waals surface area contributed by atoms with E-state index in [1.54, 1.807) is 6.07 Å². The van der Waals surface area contributed by atoms with Crippen LogP contribution in [-0.4, -0.2) is 140 Å². The molecule has 2 aromatic heterocycles. The number of pyridine rings is 1. The van der Waals surface area contributed by atoms with E-state index in [0.29, 0.717) is 0 Å². The van der Waals surface area contributed by atoms with Crippen molar-refractivity contribution in [3.05, 3.63) is 82.4 Å². The molecule has 0 saturated heterocycles. The number of anilines is 3. The molecule has 0 atom stereocenters. The van der Waals surface area contributed by atoms with E-state index in [-0.39, 0.29) is 131 Å². The number of imidazole rings is 1. The lowest BCUT2D eigenvalue weighted by molar-refractivity contribution is -0.115. The Balaban J connectivity index is 1.40. The number of benzene rings is 5. The van der Waals surface area contributed by atoms with Crippen molar-refractivity contribution in [2.45, 2.75) is 66.5 Å². The second kappa shape index (κ2) is 31.5. The standard InChI is InChI=1S/C54H52ClN15O21S7/c1-27-33(26-57)53-61-45-16-32(90-5)17-50(98(87,88)89)52(45)70(53)54(74)51(27)69-66-42-18-36(58-28(2)71)39(21-46(42)91-9-6-12-94(75,76)77)63-67-43-20-38(60-30(4)73)41(23-48(43)93-11-8-14-96(81,82)83)65-68-44-19-37(59-29(3)72)40(22-47(44)92-10-7-13-95(78,79)80)64-62-35-24-49(97(84,85)86)34(55)15-31(35)25-56/h15-24,74H,6-14H2,1-5H3,(H,58,71)(H,59,72)(H,60,73)(H,75,76,77)(H,78,79,80)(H,81,82,83)(H,84,85,86)(H,87,88,89). The molecule has 9 N–H and O–H groups in total. The summed E-state index contributed by atoms with van der Waals surface area (Å²) in [5, 5.41) is 73.4. The smallest absolute Gasteiger partial charge is 0.296 e. The molecule has 0 radical (unpaired) electrons. The van der Waals surface area contributed by atoms with Crippen molar-refractivity contribution in [1.29, 1.82) is 10.5 Å². The summed E-state index contributed by atoms with van der Waals surface area (Å²) < 4.78 is 181. The first-order valence-electron chi connectivity index (χ1n) is 27.4. The van der Waals surface area contributed by atoms with Gasteiger partial charge in [-0.1, -0.05) is 11.6 Å². The van der Waals surface area contributed by atoms with Crippen LogP contribution in [-0.2, 0) is 65.0 Å². The van der Waals surface area contributed by atoms with Crippen LogP contribution in [0.4, 0.5) is 62.6 Å². The number of aromatic hydroxyl groups is 1. The first kappa shape index (κ1) is 76.2. The van der Waals surface area contributed by atoms with E-state index >= 15 is 0 Å². The molecule has 44 heteroatoms. The van der Waals surface area contributed by atoms with Crippen LogP contribution < -0.4 is 25.4 Å². The lowest BCUT2D eigenvalue weighted by atomic mass is 10.1. The van der Waals surface area contributed by atoms with Gasteiger partial charge in [-0.2, -0.15) is 52.6 Å². The van der Waals surface area contributed by atoms with Crippen LogP contribution in [0.5, 0.6) is 17.4 Å². The number of hydrogen-bond acceptors (Lipinski definition) is 29. The van der Waals surface area contributed by atoms with E-state index in [2.05, 4.69) is 61.8 Å². The van der Waals surface area contributed by atoms with Gasteiger partial charge in [-0.05, 0) is 80.2 Å². The third kappa shape index (κ3) is 20.4. The molecule has 3 amide bonds. The van der Waals surface area contributed by atoms with Gasteiger partial charge >= 0.3 is 0 Å². The van der Waals surface area contributed by atoms with Crippen LogP contribution in [0.2, 0.25) is 5.02 Å². The second-order valence-corrected chi connectivity index (χ2v) is 30.4. The first-order chi connectivity index (χ1) is 45.8. The maximum absolute atomic E-state index is 12.9. The molecule has 0 aliphatic rings. The monoisotopic (exact) mass is 1510 g/mol. The molecule has 518 valence electrons. The van der Waals surface area contributed by atoms with E-state index < -0.39 is 130 Å². The van der Waals surface area contributed by atoms with Gasteiger partial charge in [0.15, 0.2) is 11.3 Å². The lowest BCUT2D eigenvalue weighted by Crippen LogP contribution is -2.09. The van der Waals surface area contributed by atoms with Crippen LogP contribution >= 0.6 is 35.1 Å². The number of amides is 3. The van der Waals surface area contributed by atoms with E-state index in [9.17, 15) is 94.9 Å². The molecule has 0 aliphatic carbocycles. The maximum atomic E-state index is 12.9. The molecule has 7 aromatic rings. The zero-order valence-electron chi connectivity index (χ0n) is 51.0. The number of nitrogens with one attached hydrogen (secondary N) is 3. The predicted molar refractivity (Wildman–Crippen MR) is 355 cm³/mol. The zero-order valence-corrected chi connectivity index (χ0v) is 57.5. The number of halogens is 1. The highest BCUT2D eigenvalue weighted by molar-refractivity contribution is 7.99. The summed E-state index contributed by atoms with van der Waals surface area (Å²) in [5.74, 6) is -5.59. The van der Waals surface area contributed by atoms with Crippen LogP contribution in [0.3, 0.4) is 0 Å². The van der Waals surface area contributed by atoms with Gasteiger partial charge in [-0.15, -0.1) is 64.4 Å². The fourth-order valence-electron chi connectivity index (χ4n) is 8.63. The molecular formula is C54H52ClN15O21S7. The summed E-state index contributed by atoms with van der Waals surface area (Å²) in [6.45, 7) is 4.23. The fraction of sp³-hybridized carbons (Fsp3) is 0.259. The molecule has 0 fully saturated rings. The third-order valence-electron chi connectivity index (χ3n) is 12.8. The average Bonchev–Trinajstić information content (AvgIpc) is 1.56. The Morgan fingerprint density at radius 2 is 1.03 bits per heavy atom. The van der Waals surface area contributed by atoms with Crippen LogP contribution in [0, 0.1) is 29.6 Å². The number of ether oxygens (including phenoxy) is 2. The summed E-state index contributed by atoms with van der Waals surface area (Å²) in [7, 11) is -22.3. The topological polar surface area (TPSA) is 562 Å². The van der Waals surface area contributed by atoms with Crippen molar-refractivity contribution in [3.63, 3.8) is 0 Å². The Morgan fingerprint density at radius 1 is 0.582 bits per heavy atom. The molecule has 0 spiro atoms. The Morgan fingerprint density at radius 3 is 1.48 bits per heavy atom. The van der Waals surface area contributed by atoms with Gasteiger partial charge in [-0.25, -0.2) is 4.98 Å². The number of thioether (sulfide) groups is 2. The molecule has 0 bridgehead atoms. The fourth-order valence-corrected chi connectivity index (χ4v) is 14.1. The zero-order chi connectivity index (χ0) is 72.4. The average molecular weight is 1510 g/mol. The lowest BCUT2D eigenvalue weighted by Gasteiger charge is -2.14. The minimum Gasteiger partial charge on any atom is -0.497 e. The van der Waals surface area contributed by atoms with E-state index in [1.807, 2.05) is 6.07 Å². The minimum atomic E-state index is -5.08. The van der Waals surface area contributed by atoms with Crippen molar-refractivity contribution < 1.29 is 93.8 Å². The Labute approximate surface area is 570 Å². The molecule has 0 unspecified atom stereocenters. The summed E-state index contributed by atoms with van der Waals surface area (Å²) >= 11 is 7.87. The molecule has 0 saturated carbocycles. The van der Waals surface area contributed by atoms with Gasteiger partial charge in [0.1, 0.15) is 78.8 Å². The van der Waals surface area contributed by atoms with Gasteiger partial charge in [0.05, 0.1) is 69.7 Å². The molecule has 2 heterocycles. The SMILES string of the molecule is COc1cc(S(=O)(=O)O)c2c(c1)nc1c(C#N)c(C)c(N=Nc3cc(NC(C)=O)c(N=Nc4cc(NC(C)=O)c(N=Nc5cc(NC(C)=O)c(N=Nc6cc(S(=O)(=O)O)c(Cl)cc6C#N)cc5SCCCS(=O)(=O)O)cc4SCCCS(=O)(=O)O)cc3OCCCS(=O)(=O)O)c(O)n12.